The molecule has 24 heavy (non-hydrogen) atoms. The topological polar surface area (TPSA) is 71.4 Å². The van der Waals surface area contributed by atoms with Crippen LogP contribution in [-0.4, -0.2) is 30.4 Å². The van der Waals surface area contributed by atoms with Gasteiger partial charge in [-0.3, -0.25) is 4.79 Å². The Bertz CT molecular complexity index is 752. The van der Waals surface area contributed by atoms with Gasteiger partial charge in [-0.1, -0.05) is 0 Å². The van der Waals surface area contributed by atoms with Crippen LogP contribution in [0.3, 0.4) is 0 Å². The van der Waals surface area contributed by atoms with Crippen molar-refractivity contribution in [1.82, 2.24) is 5.06 Å². The summed E-state index contributed by atoms with van der Waals surface area (Å²) in [7, 11) is 0. The van der Waals surface area contributed by atoms with Crippen molar-refractivity contribution in [3.8, 4) is 11.5 Å². The zero-order valence-corrected chi connectivity index (χ0v) is 13.1. The minimum Gasteiger partial charge on any atom is -0.454 e. The molecule has 1 aromatic heterocycles. The molecule has 7 nitrogen and oxygen atoms in total. The number of carbonyl (C=O) groups excluding carboxylic acids is 1. The van der Waals surface area contributed by atoms with E-state index in [0.29, 0.717) is 23.6 Å². The molecule has 124 valence electrons. The highest BCUT2D eigenvalue weighted by Gasteiger charge is 2.32. The molecule has 2 aliphatic rings. The Morgan fingerprint density at radius 2 is 2.12 bits per heavy atom. The summed E-state index contributed by atoms with van der Waals surface area (Å²) in [5.41, 5.74) is 1.29. The van der Waals surface area contributed by atoms with Gasteiger partial charge in [-0.2, -0.15) is 0 Å². The van der Waals surface area contributed by atoms with Crippen molar-refractivity contribution in [2.75, 3.05) is 13.3 Å². The normalized spacial score (nSPS) is 22.5. The van der Waals surface area contributed by atoms with Crippen molar-refractivity contribution in [2.45, 2.75) is 19.3 Å². The number of nitrogens with one attached hydrogen (secondary N) is 1. The van der Waals surface area contributed by atoms with Crippen LogP contribution in [-0.2, 0) is 9.57 Å². The molecule has 1 saturated heterocycles. The van der Waals surface area contributed by atoms with Crippen molar-refractivity contribution in [3.63, 3.8) is 0 Å². The van der Waals surface area contributed by atoms with Gasteiger partial charge in [0.05, 0.1) is 18.2 Å². The van der Waals surface area contributed by atoms with E-state index < -0.39 is 6.29 Å². The number of hydroxylamine groups is 2. The molecule has 1 amide bonds. The highest BCUT2D eigenvalue weighted by molar-refractivity contribution is 5.94. The number of carbonyl (C=O) groups is 1. The molecule has 4 rings (SSSR count). The number of rotatable bonds is 2. The predicted molar refractivity (Wildman–Crippen MR) is 81.0 cm³/mol. The molecule has 0 spiro atoms. The minimum absolute atomic E-state index is 0.151. The lowest BCUT2D eigenvalue weighted by Gasteiger charge is -2.35. The maximum atomic E-state index is 12.8. The molecule has 1 fully saturated rings. The number of hydrogen-bond acceptors (Lipinski definition) is 5. The highest BCUT2D eigenvalue weighted by Crippen LogP contribution is 2.33. The number of amides is 1. The van der Waals surface area contributed by atoms with Gasteiger partial charge < -0.3 is 14.2 Å². The van der Waals surface area contributed by atoms with Gasteiger partial charge in [-0.15, -0.1) is 0 Å². The van der Waals surface area contributed by atoms with E-state index in [9.17, 15) is 4.79 Å². The summed E-state index contributed by atoms with van der Waals surface area (Å²) in [4.78, 5) is 21.5. The van der Waals surface area contributed by atoms with Crippen LogP contribution in [0.2, 0.25) is 0 Å². The fraction of sp³-hybridized carbons (Fsp3) is 0.294. The predicted octanol–water partition coefficient (Wildman–Crippen LogP) is 1.72. The van der Waals surface area contributed by atoms with Gasteiger partial charge in [0, 0.05) is 11.6 Å². The first-order chi connectivity index (χ1) is 11.7. The second-order valence-electron chi connectivity index (χ2n) is 5.66. The monoisotopic (exact) mass is 329 g/mol. The van der Waals surface area contributed by atoms with Gasteiger partial charge in [0.1, 0.15) is 0 Å². The molecule has 2 aliphatic heterocycles. The van der Waals surface area contributed by atoms with Crippen LogP contribution in [0.25, 0.3) is 0 Å². The number of hydrogen-bond donors (Lipinski definition) is 0. The number of fused-ring (bicyclic) bond motifs is 1. The summed E-state index contributed by atoms with van der Waals surface area (Å²) in [5, 5.41) is 1.34. The van der Waals surface area contributed by atoms with Crippen molar-refractivity contribution in [3.05, 3.63) is 53.9 Å². The van der Waals surface area contributed by atoms with Gasteiger partial charge in [-0.05, 0) is 31.2 Å². The fourth-order valence-corrected chi connectivity index (χ4v) is 2.67. The SMILES string of the molecule is CC1CN(C(=O)c2ccc3c(c2)OCO3)OC(c2ccc[nH+]c2)O1. The van der Waals surface area contributed by atoms with Crippen LogP contribution in [0.4, 0.5) is 0 Å². The van der Waals surface area contributed by atoms with E-state index in [1.807, 2.05) is 19.1 Å². The first kappa shape index (κ1) is 14.9. The zero-order valence-electron chi connectivity index (χ0n) is 13.1. The van der Waals surface area contributed by atoms with E-state index in [2.05, 4.69) is 4.98 Å². The van der Waals surface area contributed by atoms with Gasteiger partial charge in [0.2, 0.25) is 13.1 Å². The average molecular weight is 329 g/mol. The number of ether oxygens (including phenoxy) is 3. The van der Waals surface area contributed by atoms with Crippen molar-refractivity contribution in [1.29, 1.82) is 0 Å². The lowest BCUT2D eigenvalue weighted by atomic mass is 10.2. The Labute approximate surface area is 138 Å². The van der Waals surface area contributed by atoms with Gasteiger partial charge in [0.15, 0.2) is 23.9 Å². The average Bonchev–Trinajstić information content (AvgIpc) is 3.09. The lowest BCUT2D eigenvalue weighted by molar-refractivity contribution is -0.384. The molecule has 3 heterocycles. The lowest BCUT2D eigenvalue weighted by Crippen LogP contribution is -2.44. The zero-order chi connectivity index (χ0) is 16.5. The molecule has 2 unspecified atom stereocenters. The molecule has 0 radical (unpaired) electrons. The third-order valence-corrected chi connectivity index (χ3v) is 3.85. The summed E-state index contributed by atoms with van der Waals surface area (Å²) in [6, 6.07) is 8.82. The van der Waals surface area contributed by atoms with Crippen molar-refractivity contribution >= 4 is 5.91 Å². The number of benzene rings is 1. The van der Waals surface area contributed by atoms with E-state index in [-0.39, 0.29) is 18.8 Å². The fourth-order valence-electron chi connectivity index (χ4n) is 2.67. The largest absolute Gasteiger partial charge is 0.454 e. The van der Waals surface area contributed by atoms with E-state index >= 15 is 0 Å². The third kappa shape index (κ3) is 2.79. The maximum Gasteiger partial charge on any atom is 0.277 e. The Balaban J connectivity index is 1.55. The van der Waals surface area contributed by atoms with Crippen molar-refractivity contribution in [2.24, 2.45) is 0 Å². The second kappa shape index (κ2) is 6.10. The smallest absolute Gasteiger partial charge is 0.277 e. The summed E-state index contributed by atoms with van der Waals surface area (Å²) in [5.74, 6) is 0.963. The first-order valence-electron chi connectivity index (χ1n) is 7.70. The van der Waals surface area contributed by atoms with Crippen molar-refractivity contribution < 1.29 is 28.8 Å². The van der Waals surface area contributed by atoms with Gasteiger partial charge in [-0.25, -0.2) is 14.9 Å². The van der Waals surface area contributed by atoms with Crippen LogP contribution in [0.5, 0.6) is 11.5 Å². The molecular weight excluding hydrogens is 312 g/mol. The van der Waals surface area contributed by atoms with Crippen LogP contribution >= 0.6 is 0 Å². The van der Waals surface area contributed by atoms with Crippen LogP contribution in [0.1, 0.15) is 29.1 Å². The Morgan fingerprint density at radius 3 is 2.96 bits per heavy atom. The molecule has 0 bridgehead atoms. The number of H-pyrrole nitrogens is 1. The first-order valence-corrected chi connectivity index (χ1v) is 7.70. The summed E-state index contributed by atoms with van der Waals surface area (Å²) in [6.45, 7) is 2.42. The molecule has 1 N–H and O–H groups in total. The number of aromatic amines is 1. The van der Waals surface area contributed by atoms with E-state index in [0.717, 1.165) is 5.56 Å². The van der Waals surface area contributed by atoms with Gasteiger partial charge in [0.25, 0.3) is 5.91 Å². The number of nitrogens with zero attached hydrogens (tertiary/aromatic N) is 1. The van der Waals surface area contributed by atoms with E-state index in [1.54, 1.807) is 30.6 Å². The summed E-state index contributed by atoms with van der Waals surface area (Å²) in [6.07, 6.45) is 2.79. The minimum atomic E-state index is -0.635. The Kier molecular flexibility index (Phi) is 3.79. The van der Waals surface area contributed by atoms with Gasteiger partial charge >= 0.3 is 0 Å². The standard InChI is InChI=1S/C17H16N2O5/c1-11-9-19(24-17(23-11)13-3-2-6-18-8-13)16(20)12-4-5-14-15(7-12)22-10-21-14/h2-8,11,17H,9-10H2,1H3/p+1. The third-order valence-electron chi connectivity index (χ3n) is 3.85. The van der Waals surface area contributed by atoms with E-state index in [1.165, 1.54) is 5.06 Å². The number of aromatic nitrogens is 1. The molecule has 2 aromatic rings. The van der Waals surface area contributed by atoms with Crippen LogP contribution in [0.15, 0.2) is 42.7 Å². The highest BCUT2D eigenvalue weighted by atomic mass is 16.8. The summed E-state index contributed by atoms with van der Waals surface area (Å²) < 4.78 is 16.4. The summed E-state index contributed by atoms with van der Waals surface area (Å²) >= 11 is 0. The van der Waals surface area contributed by atoms with Crippen LogP contribution in [0, 0.1) is 0 Å². The van der Waals surface area contributed by atoms with E-state index in [4.69, 9.17) is 19.0 Å². The molecule has 0 aliphatic carbocycles. The Hall–Kier alpha value is -2.64. The molecular formula is C17H17N2O5+. The maximum absolute atomic E-state index is 12.8. The second-order valence-corrected chi connectivity index (χ2v) is 5.66. The van der Waals surface area contributed by atoms with Crippen LogP contribution < -0.4 is 14.5 Å². The Morgan fingerprint density at radius 1 is 1.25 bits per heavy atom. The molecule has 0 saturated carbocycles. The molecule has 2 atom stereocenters. The molecule has 1 aromatic carbocycles. The quantitative estimate of drug-likeness (QED) is 0.839. The molecule has 7 heteroatoms. The number of pyridine rings is 1.